The molecule has 1 aliphatic rings. The lowest BCUT2D eigenvalue weighted by Crippen LogP contribution is -2.34. The Balaban J connectivity index is 1.89. The lowest BCUT2D eigenvalue weighted by molar-refractivity contribution is 0.106. The molecule has 118 valence electrons. The molecule has 21 heavy (non-hydrogen) atoms. The minimum atomic E-state index is -3.03. The monoisotopic (exact) mass is 332 g/mol. The number of halogens is 1. The van der Waals surface area contributed by atoms with Gasteiger partial charge in [-0.25, -0.2) is 12.8 Å². The molecule has 0 aromatic heterocycles. The molecule has 3 nitrogen and oxygen atoms in total. The minimum Gasteiger partial charge on any atom is -0.392 e. The Morgan fingerprint density at radius 3 is 2.86 bits per heavy atom. The zero-order chi connectivity index (χ0) is 15.5. The normalized spacial score (nSPS) is 24.7. The Bertz CT molecular complexity index is 574. The van der Waals surface area contributed by atoms with Gasteiger partial charge in [-0.05, 0) is 43.4 Å². The molecule has 3 atom stereocenters. The lowest BCUT2D eigenvalue weighted by Gasteiger charge is -2.31. The van der Waals surface area contributed by atoms with E-state index in [9.17, 15) is 17.9 Å². The van der Waals surface area contributed by atoms with Crippen LogP contribution < -0.4 is 0 Å². The predicted molar refractivity (Wildman–Crippen MR) is 83.7 cm³/mol. The van der Waals surface area contributed by atoms with Crippen LogP contribution >= 0.6 is 11.8 Å². The van der Waals surface area contributed by atoms with Crippen LogP contribution in [0.5, 0.6) is 0 Å². The molecule has 1 fully saturated rings. The molecule has 1 saturated carbocycles. The molecule has 1 aromatic carbocycles. The van der Waals surface area contributed by atoms with Gasteiger partial charge in [-0.1, -0.05) is 12.5 Å². The summed E-state index contributed by atoms with van der Waals surface area (Å²) in [5.74, 6) is 0.189. The average Bonchev–Trinajstić information content (AvgIpc) is 2.44. The number of hydrogen-bond donors (Lipinski definition) is 1. The van der Waals surface area contributed by atoms with Crippen molar-refractivity contribution in [3.63, 3.8) is 0 Å². The molecule has 0 amide bonds. The van der Waals surface area contributed by atoms with Crippen LogP contribution in [0.25, 0.3) is 0 Å². The second kappa shape index (κ2) is 7.11. The third kappa shape index (κ3) is 4.97. The van der Waals surface area contributed by atoms with Gasteiger partial charge in [0.15, 0.2) is 0 Å². The number of hydrogen-bond acceptors (Lipinski definition) is 4. The van der Waals surface area contributed by atoms with Crippen LogP contribution in [0.4, 0.5) is 4.39 Å². The van der Waals surface area contributed by atoms with E-state index >= 15 is 0 Å². The summed E-state index contributed by atoms with van der Waals surface area (Å²) >= 11 is 1.41. The molecular weight excluding hydrogens is 311 g/mol. The highest BCUT2D eigenvalue weighted by atomic mass is 32.2. The van der Waals surface area contributed by atoms with E-state index in [0.29, 0.717) is 18.6 Å². The van der Waals surface area contributed by atoms with Crippen molar-refractivity contribution < 1.29 is 17.9 Å². The number of thioether (sulfide) groups is 1. The van der Waals surface area contributed by atoms with Crippen LogP contribution in [0.1, 0.15) is 25.7 Å². The molecule has 6 heteroatoms. The summed E-state index contributed by atoms with van der Waals surface area (Å²) in [7, 11) is -3.03. The van der Waals surface area contributed by atoms with Crippen molar-refractivity contribution in [1.82, 2.24) is 0 Å². The number of aliphatic hydroxyl groups excluding tert-OH is 1. The smallest absolute Gasteiger partial charge is 0.150 e. The molecule has 1 aromatic rings. The molecule has 0 aliphatic heterocycles. The van der Waals surface area contributed by atoms with Crippen LogP contribution in [-0.4, -0.2) is 36.9 Å². The van der Waals surface area contributed by atoms with Crippen molar-refractivity contribution in [2.45, 2.75) is 41.9 Å². The Morgan fingerprint density at radius 1 is 1.43 bits per heavy atom. The average molecular weight is 332 g/mol. The highest BCUT2D eigenvalue weighted by molar-refractivity contribution is 7.99. The van der Waals surface area contributed by atoms with Crippen LogP contribution in [0, 0.1) is 11.7 Å². The van der Waals surface area contributed by atoms with Crippen LogP contribution in [0.3, 0.4) is 0 Å². The van der Waals surface area contributed by atoms with Gasteiger partial charge in [0, 0.05) is 16.9 Å². The van der Waals surface area contributed by atoms with E-state index in [1.807, 2.05) is 0 Å². The van der Waals surface area contributed by atoms with E-state index in [1.54, 1.807) is 12.1 Å². The number of sulfone groups is 1. The molecule has 1 aliphatic carbocycles. The number of aliphatic hydroxyl groups is 1. The van der Waals surface area contributed by atoms with Crippen LogP contribution in [-0.2, 0) is 9.84 Å². The van der Waals surface area contributed by atoms with Crippen molar-refractivity contribution in [2.24, 2.45) is 5.92 Å². The minimum absolute atomic E-state index is 0.0135. The molecule has 1 N–H and O–H groups in total. The topological polar surface area (TPSA) is 54.4 Å². The van der Waals surface area contributed by atoms with E-state index in [1.165, 1.54) is 30.2 Å². The lowest BCUT2D eigenvalue weighted by atomic mass is 9.85. The first kappa shape index (κ1) is 16.8. The third-order valence-electron chi connectivity index (χ3n) is 4.03. The first-order valence-corrected chi connectivity index (χ1v) is 10.1. The fourth-order valence-corrected chi connectivity index (χ4v) is 4.99. The summed E-state index contributed by atoms with van der Waals surface area (Å²) in [4.78, 5) is 0.782. The Labute approximate surface area is 129 Å². The Hall–Kier alpha value is -0.590. The second-order valence-corrected chi connectivity index (χ2v) is 9.13. The number of benzene rings is 1. The molecule has 0 saturated heterocycles. The molecule has 0 radical (unpaired) electrons. The maximum atomic E-state index is 13.1. The van der Waals surface area contributed by atoms with Crippen molar-refractivity contribution in [1.29, 1.82) is 0 Å². The number of rotatable bonds is 5. The van der Waals surface area contributed by atoms with E-state index in [4.69, 9.17) is 0 Å². The largest absolute Gasteiger partial charge is 0.392 e. The van der Waals surface area contributed by atoms with E-state index < -0.39 is 15.9 Å². The zero-order valence-electron chi connectivity index (χ0n) is 12.0. The van der Waals surface area contributed by atoms with Gasteiger partial charge in [0.05, 0.1) is 11.4 Å². The quantitative estimate of drug-likeness (QED) is 0.843. The van der Waals surface area contributed by atoms with Crippen molar-refractivity contribution in [2.75, 3.05) is 12.0 Å². The highest BCUT2D eigenvalue weighted by Crippen LogP contribution is 2.32. The summed E-state index contributed by atoms with van der Waals surface area (Å²) < 4.78 is 36.4. The van der Waals surface area contributed by atoms with Crippen LogP contribution in [0.2, 0.25) is 0 Å². The third-order valence-corrected chi connectivity index (χ3v) is 6.77. The van der Waals surface area contributed by atoms with Gasteiger partial charge in [0.1, 0.15) is 15.7 Å². The van der Waals surface area contributed by atoms with Gasteiger partial charge in [0.25, 0.3) is 0 Å². The summed E-state index contributed by atoms with van der Waals surface area (Å²) in [5.41, 5.74) is 0. The summed E-state index contributed by atoms with van der Waals surface area (Å²) in [6.07, 6.45) is 3.64. The molecular formula is C15H21FO3S2. The van der Waals surface area contributed by atoms with Gasteiger partial charge < -0.3 is 5.11 Å². The molecule has 3 unspecified atom stereocenters. The Morgan fingerprint density at radius 2 is 2.19 bits per heavy atom. The first-order chi connectivity index (χ1) is 9.86. The molecule has 0 bridgehead atoms. The SMILES string of the molecule is CS(=O)(=O)C1CCCC(C(O)CSc2cccc(F)c2)C1. The predicted octanol–water partition coefficient (Wildman–Crippen LogP) is 2.88. The van der Waals surface area contributed by atoms with E-state index in [0.717, 1.165) is 17.7 Å². The zero-order valence-corrected chi connectivity index (χ0v) is 13.7. The summed E-state index contributed by atoms with van der Waals surface area (Å²) in [6.45, 7) is 0. The maximum Gasteiger partial charge on any atom is 0.150 e. The van der Waals surface area contributed by atoms with Crippen LogP contribution in [0.15, 0.2) is 29.2 Å². The first-order valence-electron chi connectivity index (χ1n) is 7.11. The Kier molecular flexibility index (Phi) is 5.68. The summed E-state index contributed by atoms with van der Waals surface area (Å²) in [6, 6.07) is 6.28. The van der Waals surface area contributed by atoms with Crippen molar-refractivity contribution in [3.05, 3.63) is 30.1 Å². The molecule has 0 heterocycles. The summed E-state index contributed by atoms with van der Waals surface area (Å²) in [5, 5.41) is 9.95. The standard InChI is InChI=1S/C15H21FO3S2/c1-21(18,19)14-7-2-4-11(8-14)15(17)10-20-13-6-3-5-12(16)9-13/h3,5-6,9,11,14-15,17H,2,4,7-8,10H2,1H3. The highest BCUT2D eigenvalue weighted by Gasteiger charge is 2.32. The van der Waals surface area contributed by atoms with Gasteiger partial charge in [-0.2, -0.15) is 0 Å². The van der Waals surface area contributed by atoms with Gasteiger partial charge in [-0.15, -0.1) is 11.8 Å². The van der Waals surface area contributed by atoms with Gasteiger partial charge in [0.2, 0.25) is 0 Å². The van der Waals surface area contributed by atoms with E-state index in [2.05, 4.69) is 0 Å². The van der Waals surface area contributed by atoms with Gasteiger partial charge >= 0.3 is 0 Å². The fraction of sp³-hybridized carbons (Fsp3) is 0.600. The van der Waals surface area contributed by atoms with E-state index in [-0.39, 0.29) is 17.0 Å². The molecule has 0 spiro atoms. The van der Waals surface area contributed by atoms with Crippen molar-refractivity contribution >= 4 is 21.6 Å². The maximum absolute atomic E-state index is 13.1. The van der Waals surface area contributed by atoms with Gasteiger partial charge in [-0.3, -0.25) is 0 Å². The fourth-order valence-electron chi connectivity index (χ4n) is 2.79. The van der Waals surface area contributed by atoms with Crippen molar-refractivity contribution in [3.8, 4) is 0 Å². The molecule has 2 rings (SSSR count). The second-order valence-electron chi connectivity index (χ2n) is 5.71.